The normalized spacial score (nSPS) is 10.2. The lowest BCUT2D eigenvalue weighted by molar-refractivity contribution is -0.150. The van der Waals surface area contributed by atoms with E-state index in [2.05, 4.69) is 0 Å². The van der Waals surface area contributed by atoms with Crippen LogP contribution in [0.1, 0.15) is 24.2 Å². The fourth-order valence-electron chi connectivity index (χ4n) is 1.18. The molecule has 0 amide bonds. The zero-order valence-electron chi connectivity index (χ0n) is 10.1. The average Bonchev–Trinajstić information content (AvgIpc) is 2.28. The van der Waals surface area contributed by atoms with Crippen molar-refractivity contribution in [3.63, 3.8) is 0 Å². The minimum Gasteiger partial charge on any atom is -0.460 e. The van der Waals surface area contributed by atoms with Crippen molar-refractivity contribution in [2.24, 2.45) is 0 Å². The molecule has 98 valence electrons. The zero-order chi connectivity index (χ0) is 13.7. The van der Waals surface area contributed by atoms with Gasteiger partial charge in [0.15, 0.2) is 6.61 Å². The Kier molecular flexibility index (Phi) is 4.65. The summed E-state index contributed by atoms with van der Waals surface area (Å²) in [5.41, 5.74) is 5.22. The van der Waals surface area contributed by atoms with E-state index in [0.717, 1.165) is 12.1 Å². The molecule has 0 aromatic heterocycles. The lowest BCUT2D eigenvalue weighted by Crippen LogP contribution is -2.19. The number of carbonyl (C=O) groups excluding carboxylic acids is 2. The molecule has 0 atom stereocenters. The molecule has 0 aliphatic carbocycles. The Morgan fingerprint density at radius 3 is 2.61 bits per heavy atom. The summed E-state index contributed by atoms with van der Waals surface area (Å²) in [6, 6.07) is 3.42. The van der Waals surface area contributed by atoms with Crippen molar-refractivity contribution in [1.82, 2.24) is 0 Å². The van der Waals surface area contributed by atoms with E-state index in [1.807, 2.05) is 0 Å². The molecule has 1 rings (SSSR count). The molecule has 0 bridgehead atoms. The van der Waals surface area contributed by atoms with Crippen LogP contribution in [0.3, 0.4) is 0 Å². The van der Waals surface area contributed by atoms with E-state index in [1.54, 1.807) is 13.8 Å². The quantitative estimate of drug-likeness (QED) is 0.651. The Hall–Kier alpha value is -2.11. The van der Waals surface area contributed by atoms with Crippen LogP contribution < -0.4 is 5.73 Å². The summed E-state index contributed by atoms with van der Waals surface area (Å²) in [6.07, 6.45) is -0.280. The highest BCUT2D eigenvalue weighted by atomic mass is 19.1. The maximum Gasteiger partial charge on any atom is 0.344 e. The maximum atomic E-state index is 12.9. The number of hydrogen-bond acceptors (Lipinski definition) is 5. The number of esters is 2. The second kappa shape index (κ2) is 6.00. The molecule has 18 heavy (non-hydrogen) atoms. The van der Waals surface area contributed by atoms with E-state index in [1.165, 1.54) is 6.07 Å². The van der Waals surface area contributed by atoms with Crippen LogP contribution in [0.25, 0.3) is 0 Å². The number of carbonyl (C=O) groups is 2. The number of nitrogen functional groups attached to an aromatic ring is 1. The first-order valence-corrected chi connectivity index (χ1v) is 5.31. The summed E-state index contributed by atoms with van der Waals surface area (Å²) in [6.45, 7) is 2.87. The summed E-state index contributed by atoms with van der Waals surface area (Å²) < 4.78 is 22.3. The molecular weight excluding hydrogens is 241 g/mol. The van der Waals surface area contributed by atoms with Gasteiger partial charge in [-0.15, -0.1) is 0 Å². The highest BCUT2D eigenvalue weighted by Gasteiger charge is 2.13. The predicted octanol–water partition coefficient (Wildman–Crippen LogP) is 1.52. The van der Waals surface area contributed by atoms with Gasteiger partial charge in [0, 0.05) is 0 Å². The first kappa shape index (κ1) is 14.0. The van der Waals surface area contributed by atoms with Gasteiger partial charge in [-0.1, -0.05) is 0 Å². The Balaban J connectivity index is 2.55. The van der Waals surface area contributed by atoms with Crippen LogP contribution in [0.5, 0.6) is 0 Å². The molecule has 0 aliphatic heterocycles. The third kappa shape index (κ3) is 4.04. The van der Waals surface area contributed by atoms with Crippen molar-refractivity contribution < 1.29 is 23.5 Å². The molecule has 0 aliphatic rings. The van der Waals surface area contributed by atoms with E-state index >= 15 is 0 Å². The third-order valence-corrected chi connectivity index (χ3v) is 1.92. The van der Waals surface area contributed by atoms with Gasteiger partial charge in [-0.2, -0.15) is 0 Å². The highest BCUT2D eigenvalue weighted by molar-refractivity contribution is 5.91. The summed E-state index contributed by atoms with van der Waals surface area (Å²) in [4.78, 5) is 22.6. The molecule has 0 fully saturated rings. The van der Waals surface area contributed by atoms with Crippen molar-refractivity contribution in [2.75, 3.05) is 12.3 Å². The van der Waals surface area contributed by atoms with E-state index in [4.69, 9.17) is 15.2 Å². The Labute approximate surface area is 104 Å². The number of nitrogens with two attached hydrogens (primary N) is 1. The van der Waals surface area contributed by atoms with Gasteiger partial charge in [0.2, 0.25) is 0 Å². The minimum atomic E-state index is -0.762. The highest BCUT2D eigenvalue weighted by Crippen LogP contribution is 2.13. The van der Waals surface area contributed by atoms with E-state index in [9.17, 15) is 14.0 Å². The molecule has 0 heterocycles. The fourth-order valence-corrected chi connectivity index (χ4v) is 1.18. The number of benzene rings is 1. The van der Waals surface area contributed by atoms with Gasteiger partial charge in [-0.25, -0.2) is 14.0 Å². The summed E-state index contributed by atoms with van der Waals surface area (Å²) in [7, 11) is 0. The Bertz CT molecular complexity index is 459. The van der Waals surface area contributed by atoms with Crippen molar-refractivity contribution in [3.05, 3.63) is 29.6 Å². The smallest absolute Gasteiger partial charge is 0.344 e. The topological polar surface area (TPSA) is 78.6 Å². The molecular formula is C12H14FNO4. The molecule has 2 N–H and O–H groups in total. The average molecular weight is 255 g/mol. The van der Waals surface area contributed by atoms with Crippen molar-refractivity contribution in [1.29, 1.82) is 0 Å². The molecule has 0 unspecified atom stereocenters. The largest absolute Gasteiger partial charge is 0.460 e. The SMILES string of the molecule is CC(C)OC(=O)COC(=O)c1ccc(F)c(N)c1. The van der Waals surface area contributed by atoms with Gasteiger partial charge in [0.05, 0.1) is 17.4 Å². The number of rotatable bonds is 4. The van der Waals surface area contributed by atoms with Gasteiger partial charge >= 0.3 is 11.9 Å². The number of anilines is 1. The van der Waals surface area contributed by atoms with Crippen molar-refractivity contribution in [3.8, 4) is 0 Å². The van der Waals surface area contributed by atoms with Gasteiger partial charge in [-0.05, 0) is 32.0 Å². The lowest BCUT2D eigenvalue weighted by atomic mass is 10.2. The first-order valence-electron chi connectivity index (χ1n) is 5.31. The van der Waals surface area contributed by atoms with E-state index in [0.29, 0.717) is 0 Å². The third-order valence-electron chi connectivity index (χ3n) is 1.92. The molecule has 6 heteroatoms. The summed E-state index contributed by atoms with van der Waals surface area (Å²) in [5.74, 6) is -2.03. The van der Waals surface area contributed by atoms with Crippen LogP contribution in [0.15, 0.2) is 18.2 Å². The van der Waals surface area contributed by atoms with Crippen LogP contribution in [0, 0.1) is 5.82 Å². The number of halogens is 1. The monoisotopic (exact) mass is 255 g/mol. The summed E-state index contributed by atoms with van der Waals surface area (Å²) in [5, 5.41) is 0. The second-order valence-corrected chi connectivity index (χ2v) is 3.85. The molecule has 0 radical (unpaired) electrons. The maximum absolute atomic E-state index is 12.9. The minimum absolute atomic E-state index is 0.0752. The predicted molar refractivity (Wildman–Crippen MR) is 62.3 cm³/mol. The molecule has 1 aromatic rings. The van der Waals surface area contributed by atoms with E-state index in [-0.39, 0.29) is 17.4 Å². The molecule has 5 nitrogen and oxygen atoms in total. The van der Waals surface area contributed by atoms with Crippen molar-refractivity contribution >= 4 is 17.6 Å². The zero-order valence-corrected chi connectivity index (χ0v) is 10.1. The molecule has 0 saturated carbocycles. The standard InChI is InChI=1S/C12H14FNO4/c1-7(2)18-11(15)6-17-12(16)8-3-4-9(13)10(14)5-8/h3-5,7H,6,14H2,1-2H3. The molecule has 1 aromatic carbocycles. The van der Waals surface area contributed by atoms with Crippen LogP contribution in [0.4, 0.5) is 10.1 Å². The van der Waals surface area contributed by atoms with Crippen LogP contribution in [0.2, 0.25) is 0 Å². The van der Waals surface area contributed by atoms with Gasteiger partial charge in [0.1, 0.15) is 5.82 Å². The Morgan fingerprint density at radius 2 is 2.06 bits per heavy atom. The fraction of sp³-hybridized carbons (Fsp3) is 0.333. The lowest BCUT2D eigenvalue weighted by Gasteiger charge is -2.08. The van der Waals surface area contributed by atoms with E-state index < -0.39 is 24.4 Å². The first-order chi connectivity index (χ1) is 8.40. The number of hydrogen-bond donors (Lipinski definition) is 1. The van der Waals surface area contributed by atoms with Gasteiger partial charge < -0.3 is 15.2 Å². The van der Waals surface area contributed by atoms with Crippen LogP contribution >= 0.6 is 0 Å². The van der Waals surface area contributed by atoms with Crippen LogP contribution in [-0.2, 0) is 14.3 Å². The second-order valence-electron chi connectivity index (χ2n) is 3.85. The number of ether oxygens (including phenoxy) is 2. The Morgan fingerprint density at radius 1 is 1.39 bits per heavy atom. The molecule has 0 saturated heterocycles. The van der Waals surface area contributed by atoms with Crippen molar-refractivity contribution in [2.45, 2.75) is 20.0 Å². The molecule has 0 spiro atoms. The van der Waals surface area contributed by atoms with Gasteiger partial charge in [-0.3, -0.25) is 0 Å². The van der Waals surface area contributed by atoms with Gasteiger partial charge in [0.25, 0.3) is 0 Å². The van der Waals surface area contributed by atoms with Crippen LogP contribution in [-0.4, -0.2) is 24.6 Å². The summed E-state index contributed by atoms with van der Waals surface area (Å²) >= 11 is 0.